The molecular weight excluding hydrogens is 200 g/mol. The summed E-state index contributed by atoms with van der Waals surface area (Å²) in [4.78, 5) is 4.16. The number of hydrogen-bond acceptors (Lipinski definition) is 3. The summed E-state index contributed by atoms with van der Waals surface area (Å²) in [6, 6.07) is 8.20. The second-order valence-electron chi connectivity index (χ2n) is 4.43. The van der Waals surface area contributed by atoms with Crippen LogP contribution in [0.2, 0.25) is 0 Å². The Balaban J connectivity index is 2.13. The second-order valence-corrected chi connectivity index (χ2v) is 4.43. The van der Waals surface area contributed by atoms with E-state index < -0.39 is 6.10 Å². The Morgan fingerprint density at radius 1 is 1.44 bits per heavy atom. The number of aliphatic hydroxyl groups excluding tert-OH is 1. The molecule has 1 heterocycles. The van der Waals surface area contributed by atoms with Crippen LogP contribution in [0.5, 0.6) is 0 Å². The lowest BCUT2D eigenvalue weighted by Gasteiger charge is -2.33. The van der Waals surface area contributed by atoms with E-state index >= 15 is 0 Å². The zero-order chi connectivity index (χ0) is 11.5. The van der Waals surface area contributed by atoms with Gasteiger partial charge in [0.25, 0.3) is 0 Å². The zero-order valence-electron chi connectivity index (χ0n) is 9.85. The van der Waals surface area contributed by atoms with Crippen LogP contribution in [0.15, 0.2) is 24.3 Å². The van der Waals surface area contributed by atoms with E-state index in [-0.39, 0.29) is 0 Å². The highest BCUT2D eigenvalue weighted by Crippen LogP contribution is 2.28. The molecule has 1 N–H and O–H groups in total. The van der Waals surface area contributed by atoms with Crippen LogP contribution >= 0.6 is 0 Å². The first kappa shape index (κ1) is 11.4. The third kappa shape index (κ3) is 2.54. The summed E-state index contributed by atoms with van der Waals surface area (Å²) in [5.74, 6) is 0. The highest BCUT2D eigenvalue weighted by atomic mass is 16.3. The smallest absolute Gasteiger partial charge is 0.123 e. The molecule has 1 unspecified atom stereocenters. The van der Waals surface area contributed by atoms with Gasteiger partial charge in [0.05, 0.1) is 6.10 Å². The van der Waals surface area contributed by atoms with Crippen molar-refractivity contribution >= 4 is 5.69 Å². The summed E-state index contributed by atoms with van der Waals surface area (Å²) in [6.07, 6.45) is 0.200. The predicted octanol–water partition coefficient (Wildman–Crippen LogP) is 1.01. The molecule has 0 saturated heterocycles. The van der Waals surface area contributed by atoms with Crippen molar-refractivity contribution in [3.05, 3.63) is 36.4 Å². The van der Waals surface area contributed by atoms with Gasteiger partial charge in [-0.1, -0.05) is 18.2 Å². The Morgan fingerprint density at radius 3 is 2.94 bits per heavy atom. The molecule has 16 heavy (non-hydrogen) atoms. The molecule has 86 valence electrons. The quantitative estimate of drug-likeness (QED) is 0.820. The number of anilines is 1. The molecule has 3 nitrogen and oxygen atoms in total. The minimum atomic E-state index is -0.475. The Morgan fingerprint density at radius 2 is 2.19 bits per heavy atom. The Bertz CT molecular complexity index is 352. The Hall–Kier alpha value is -1.06. The van der Waals surface area contributed by atoms with E-state index in [1.165, 1.54) is 11.3 Å². The van der Waals surface area contributed by atoms with Gasteiger partial charge in [0.1, 0.15) is 6.54 Å². The monoisotopic (exact) mass is 218 g/mol. The number of nitrogens with zero attached hydrogens (tertiary/aromatic N) is 2. The standard InChI is InChI=1S/C13H18N2O/c1-14(2)7-8-15-10-12(16)9-11-5-3-4-6-13(11)15/h3-6,12,16H,7-9H2,1-2H3. The minimum absolute atomic E-state index is 0.475. The van der Waals surface area contributed by atoms with Crippen molar-refractivity contribution in [3.63, 3.8) is 0 Å². The van der Waals surface area contributed by atoms with Crippen LogP contribution in [0.3, 0.4) is 0 Å². The Labute approximate surface area is 97.3 Å². The maximum atomic E-state index is 9.73. The van der Waals surface area contributed by atoms with Crippen LogP contribution in [-0.2, 0) is 6.42 Å². The van der Waals surface area contributed by atoms with Gasteiger partial charge in [0.2, 0.25) is 0 Å². The maximum absolute atomic E-state index is 9.73. The van der Waals surface area contributed by atoms with Crippen molar-refractivity contribution < 1.29 is 5.11 Å². The average molecular weight is 218 g/mol. The topological polar surface area (TPSA) is 26.7 Å². The van der Waals surface area contributed by atoms with Crippen molar-refractivity contribution in [2.24, 2.45) is 0 Å². The molecule has 0 spiro atoms. The largest absolute Gasteiger partial charge is 0.390 e. The first-order chi connectivity index (χ1) is 7.66. The van der Waals surface area contributed by atoms with Crippen LogP contribution in [0, 0.1) is 6.54 Å². The average Bonchev–Trinajstić information content (AvgIpc) is 2.25. The van der Waals surface area contributed by atoms with E-state index in [9.17, 15) is 5.11 Å². The summed E-state index contributed by atoms with van der Waals surface area (Å²) in [5.41, 5.74) is 2.38. The lowest BCUT2D eigenvalue weighted by molar-refractivity contribution is 0.199. The van der Waals surface area contributed by atoms with Gasteiger partial charge in [0, 0.05) is 25.2 Å². The van der Waals surface area contributed by atoms with Crippen molar-refractivity contribution in [2.75, 3.05) is 32.1 Å². The fourth-order valence-electron chi connectivity index (χ4n) is 1.94. The van der Waals surface area contributed by atoms with E-state index in [0.717, 1.165) is 13.1 Å². The molecular formula is C13H18N2O. The van der Waals surface area contributed by atoms with Crippen LogP contribution in [-0.4, -0.2) is 43.3 Å². The number of hydrogen-bond donors (Lipinski definition) is 1. The van der Waals surface area contributed by atoms with E-state index in [0.29, 0.717) is 6.42 Å². The predicted molar refractivity (Wildman–Crippen MR) is 65.3 cm³/mol. The summed E-state index contributed by atoms with van der Waals surface area (Å²) >= 11 is 0. The van der Waals surface area contributed by atoms with Gasteiger partial charge in [0.15, 0.2) is 0 Å². The molecule has 0 fully saturated rings. The van der Waals surface area contributed by atoms with Gasteiger partial charge in [-0.3, -0.25) is 0 Å². The number of rotatable bonds is 3. The molecule has 1 aromatic rings. The Kier molecular flexibility index (Phi) is 3.46. The van der Waals surface area contributed by atoms with Gasteiger partial charge >= 0.3 is 0 Å². The highest BCUT2D eigenvalue weighted by Gasteiger charge is 2.23. The molecule has 0 aliphatic carbocycles. The normalized spacial score (nSPS) is 20.0. The first-order valence-corrected chi connectivity index (χ1v) is 5.61. The highest BCUT2D eigenvalue weighted by molar-refractivity contribution is 5.57. The van der Waals surface area contributed by atoms with Gasteiger partial charge in [-0.05, 0) is 25.7 Å². The summed E-state index contributed by atoms with van der Waals surface area (Å²) in [6.45, 7) is 4.90. The fraction of sp³-hybridized carbons (Fsp3) is 0.462. The maximum Gasteiger partial charge on any atom is 0.123 e. The number of likely N-dealkylation sites (N-methyl/N-ethyl adjacent to an activating group) is 1. The summed E-state index contributed by atoms with van der Waals surface area (Å²) in [5, 5.41) is 9.73. The molecule has 2 radical (unpaired) electrons. The van der Waals surface area contributed by atoms with Gasteiger partial charge in [-0.25, -0.2) is 0 Å². The summed E-state index contributed by atoms with van der Waals surface area (Å²) in [7, 11) is 4.10. The van der Waals surface area contributed by atoms with Gasteiger partial charge < -0.3 is 14.9 Å². The SMILES string of the molecule is CN(C)CCN1[C]C(O)Cc2ccccc21. The van der Waals surface area contributed by atoms with Crippen LogP contribution in [0.25, 0.3) is 0 Å². The van der Waals surface area contributed by atoms with Crippen molar-refractivity contribution in [3.8, 4) is 0 Å². The van der Waals surface area contributed by atoms with E-state index in [2.05, 4.69) is 23.6 Å². The van der Waals surface area contributed by atoms with E-state index in [1.807, 2.05) is 31.1 Å². The van der Waals surface area contributed by atoms with E-state index in [1.54, 1.807) is 0 Å². The van der Waals surface area contributed by atoms with Crippen molar-refractivity contribution in [1.29, 1.82) is 0 Å². The number of aliphatic hydroxyl groups is 1. The second kappa shape index (κ2) is 4.85. The molecule has 0 aromatic heterocycles. The number of para-hydroxylation sites is 1. The minimum Gasteiger partial charge on any atom is -0.390 e. The lowest BCUT2D eigenvalue weighted by Crippen LogP contribution is -2.37. The summed E-state index contributed by atoms with van der Waals surface area (Å²) < 4.78 is 0. The third-order valence-electron chi connectivity index (χ3n) is 2.77. The van der Waals surface area contributed by atoms with E-state index in [4.69, 9.17) is 0 Å². The molecule has 3 heteroatoms. The number of benzene rings is 1. The molecule has 1 aliphatic heterocycles. The van der Waals surface area contributed by atoms with Crippen LogP contribution < -0.4 is 4.90 Å². The zero-order valence-corrected chi connectivity index (χ0v) is 9.85. The molecule has 0 bridgehead atoms. The molecule has 1 aliphatic rings. The van der Waals surface area contributed by atoms with Crippen LogP contribution in [0.1, 0.15) is 5.56 Å². The molecule has 1 atom stereocenters. The number of fused-ring (bicyclic) bond motifs is 1. The fourth-order valence-corrected chi connectivity index (χ4v) is 1.94. The third-order valence-corrected chi connectivity index (χ3v) is 2.77. The molecule has 0 saturated carbocycles. The molecule has 0 amide bonds. The molecule has 1 aromatic carbocycles. The van der Waals surface area contributed by atoms with Crippen molar-refractivity contribution in [1.82, 2.24) is 4.90 Å². The first-order valence-electron chi connectivity index (χ1n) is 5.61. The van der Waals surface area contributed by atoms with Gasteiger partial charge in [-0.2, -0.15) is 0 Å². The van der Waals surface area contributed by atoms with Crippen molar-refractivity contribution in [2.45, 2.75) is 12.5 Å². The lowest BCUT2D eigenvalue weighted by atomic mass is 10.00. The van der Waals surface area contributed by atoms with Gasteiger partial charge in [-0.15, -0.1) is 0 Å². The van der Waals surface area contributed by atoms with Crippen LogP contribution in [0.4, 0.5) is 5.69 Å². The molecule has 2 rings (SSSR count).